The maximum absolute atomic E-state index is 2.50. The predicted octanol–water partition coefficient (Wildman–Crippen LogP) is 15.7. The Balaban J connectivity index is 1.40. The molecule has 0 aliphatic rings. The van der Waals surface area contributed by atoms with E-state index >= 15 is 0 Å². The highest BCUT2D eigenvalue weighted by Crippen LogP contribution is 2.65. The second-order valence-corrected chi connectivity index (χ2v) is 17.3. The fourth-order valence-electron chi connectivity index (χ4n) is 14.0. The van der Waals surface area contributed by atoms with Crippen LogP contribution < -0.4 is 0 Å². The third-order valence-corrected chi connectivity index (χ3v) is 15.5. The largest absolute Gasteiger partial charge is 0.0537 e. The van der Waals surface area contributed by atoms with Gasteiger partial charge in [-0.3, -0.25) is 0 Å². The van der Waals surface area contributed by atoms with Gasteiger partial charge in [-0.25, -0.2) is 0 Å². The normalized spacial score (nSPS) is 14.7. The smallest absolute Gasteiger partial charge is 0.00000151 e. The molecule has 0 heterocycles. The lowest BCUT2D eigenvalue weighted by Crippen LogP contribution is -2.03. The van der Waals surface area contributed by atoms with Gasteiger partial charge in [0.2, 0.25) is 0 Å². The van der Waals surface area contributed by atoms with E-state index < -0.39 is 0 Å². The van der Waals surface area contributed by atoms with Crippen molar-refractivity contribution >= 4 is 194 Å². The average Bonchev–Trinajstić information content (AvgIpc) is 3.21. The number of rotatable bonds is 0. The van der Waals surface area contributed by atoms with Gasteiger partial charge in [0, 0.05) is 0 Å². The summed E-state index contributed by atoms with van der Waals surface area (Å²) in [5, 5.41) is 52.0. The summed E-state index contributed by atoms with van der Waals surface area (Å²) in [7, 11) is 0. The van der Waals surface area contributed by atoms with Gasteiger partial charge in [0.25, 0.3) is 0 Å². The Labute approximate surface area is 301 Å². The summed E-state index contributed by atoms with van der Waals surface area (Å²) in [6.45, 7) is 0. The fraction of sp³-hybridized carbons (Fsp3) is 0. The van der Waals surface area contributed by atoms with Crippen LogP contribution in [0.5, 0.6) is 0 Å². The summed E-state index contributed by atoms with van der Waals surface area (Å²) >= 11 is 0. The fourth-order valence-corrected chi connectivity index (χ4v) is 14.0. The van der Waals surface area contributed by atoms with Crippen molar-refractivity contribution in [2.45, 2.75) is 0 Å². The van der Waals surface area contributed by atoms with E-state index in [0.717, 1.165) is 0 Å². The van der Waals surface area contributed by atoms with Crippen LogP contribution in [0.25, 0.3) is 194 Å². The molecule has 0 bridgehead atoms. The van der Waals surface area contributed by atoms with E-state index in [4.69, 9.17) is 0 Å². The molecule has 19 aromatic rings. The van der Waals surface area contributed by atoms with Crippen molar-refractivity contribution in [1.82, 2.24) is 0 Å². The molecule has 54 heavy (non-hydrogen) atoms. The molecular weight excluding hydrogens is 649 g/mol. The maximum Gasteiger partial charge on any atom is -0.00000151 e. The molecule has 0 aliphatic carbocycles. The molecule has 0 saturated heterocycles. The molecule has 0 saturated carbocycles. The van der Waals surface area contributed by atoms with Crippen LogP contribution >= 0.6 is 0 Å². The summed E-state index contributed by atoms with van der Waals surface area (Å²) in [6, 6.07) is 44.0. The van der Waals surface area contributed by atoms with Gasteiger partial charge >= 0.3 is 0 Å². The number of hydrogen-bond acceptors (Lipinski definition) is 0. The Kier molecular flexibility index (Phi) is 2.86. The molecule has 0 aromatic heterocycles. The van der Waals surface area contributed by atoms with Crippen LogP contribution in [0.2, 0.25) is 0 Å². The Morgan fingerprint density at radius 1 is 0.111 bits per heavy atom. The third-order valence-electron chi connectivity index (χ3n) is 15.5. The summed E-state index contributed by atoms with van der Waals surface area (Å²) in [6.07, 6.45) is 0. The number of hydrogen-bond donors (Lipinski definition) is 0. The van der Waals surface area contributed by atoms with Gasteiger partial charge in [-0.05, 0) is 230 Å². The van der Waals surface area contributed by atoms with E-state index in [-0.39, 0.29) is 0 Å². The molecule has 0 N–H and O–H groups in total. The van der Waals surface area contributed by atoms with Crippen molar-refractivity contribution in [1.29, 1.82) is 0 Å². The first-order valence-corrected chi connectivity index (χ1v) is 19.4. The van der Waals surface area contributed by atoms with Crippen LogP contribution in [0, 0.1) is 0 Å². The van der Waals surface area contributed by atoms with Crippen LogP contribution in [-0.4, -0.2) is 0 Å². The summed E-state index contributed by atoms with van der Waals surface area (Å²) < 4.78 is 0. The minimum atomic E-state index is 1.37. The van der Waals surface area contributed by atoms with Crippen molar-refractivity contribution in [2.75, 3.05) is 0 Å². The van der Waals surface area contributed by atoms with Crippen molar-refractivity contribution in [3.8, 4) is 0 Å². The molecule has 0 radical (unpaired) electrons. The van der Waals surface area contributed by atoms with Gasteiger partial charge < -0.3 is 0 Å². The zero-order chi connectivity index (χ0) is 33.5. The van der Waals surface area contributed by atoms with Crippen LogP contribution in [-0.2, 0) is 0 Å². The van der Waals surface area contributed by atoms with E-state index in [2.05, 4.69) is 109 Å². The highest BCUT2D eigenvalue weighted by Gasteiger charge is 2.35. The van der Waals surface area contributed by atoms with E-state index in [1.165, 1.54) is 194 Å². The van der Waals surface area contributed by atoms with Crippen LogP contribution in [0.4, 0.5) is 0 Å². The van der Waals surface area contributed by atoms with Gasteiger partial charge in [-0.1, -0.05) is 72.8 Å². The van der Waals surface area contributed by atoms with Crippen LogP contribution in [0.1, 0.15) is 0 Å². The Bertz CT molecular complexity index is 3780. The molecular formula is C54H18. The summed E-state index contributed by atoms with van der Waals surface area (Å²) in [5.74, 6) is 0. The molecule has 19 rings (SSSR count). The standard InChI is InChI=1S/C54H18/c1-2-20-14-22-5-6-24-16-26-9-11-29-18-30-12-10-28-17-27-8-7-25-15-23-4-3-21-13-19(1)31-32(20)44-34(22)36(24)46-39(26)41(29)48-42(30)40(28)47-38(27)37(25)45-35(23)33(21)43(31)49-50(44)52(46)54(48)53(47)51(45)49/h1-18H. The monoisotopic (exact) mass is 666 g/mol. The first-order valence-electron chi connectivity index (χ1n) is 19.4. The molecule has 0 amide bonds. The molecule has 0 spiro atoms. The predicted molar refractivity (Wildman–Crippen MR) is 236 cm³/mol. The summed E-state index contributed by atoms with van der Waals surface area (Å²) in [5.41, 5.74) is 0. The minimum Gasteiger partial charge on any atom is -0.0537 e. The molecule has 0 heteroatoms. The Morgan fingerprint density at radius 2 is 0.204 bits per heavy atom. The lowest BCUT2D eigenvalue weighted by molar-refractivity contribution is 1.83. The lowest BCUT2D eigenvalue weighted by Gasteiger charge is -2.32. The molecule has 0 fully saturated rings. The topological polar surface area (TPSA) is 0 Å². The van der Waals surface area contributed by atoms with Gasteiger partial charge in [-0.15, -0.1) is 0 Å². The molecule has 0 nitrogen and oxygen atoms in total. The van der Waals surface area contributed by atoms with E-state index in [1.807, 2.05) is 0 Å². The molecule has 234 valence electrons. The first kappa shape index (κ1) is 23.5. The second-order valence-electron chi connectivity index (χ2n) is 17.3. The van der Waals surface area contributed by atoms with Crippen molar-refractivity contribution < 1.29 is 0 Å². The van der Waals surface area contributed by atoms with Gasteiger partial charge in [0.15, 0.2) is 0 Å². The van der Waals surface area contributed by atoms with E-state index in [9.17, 15) is 0 Å². The highest BCUT2D eigenvalue weighted by atomic mass is 14.4. The van der Waals surface area contributed by atoms with Gasteiger partial charge in [-0.2, -0.15) is 0 Å². The lowest BCUT2D eigenvalue weighted by atomic mass is 9.69. The van der Waals surface area contributed by atoms with Crippen LogP contribution in [0.15, 0.2) is 109 Å². The zero-order valence-electron chi connectivity index (χ0n) is 28.4. The average molecular weight is 667 g/mol. The first-order chi connectivity index (χ1) is 26.8. The third kappa shape index (κ3) is 1.88. The Morgan fingerprint density at radius 3 is 0.315 bits per heavy atom. The molecule has 19 aromatic carbocycles. The van der Waals surface area contributed by atoms with Crippen LogP contribution in [0.3, 0.4) is 0 Å². The quantitative estimate of drug-likeness (QED) is 0.112. The Hall–Kier alpha value is -7.02. The molecule has 0 unspecified atom stereocenters. The second kappa shape index (κ2) is 6.57. The molecule has 0 atom stereocenters. The van der Waals surface area contributed by atoms with E-state index in [0.29, 0.717) is 0 Å². The van der Waals surface area contributed by atoms with Gasteiger partial charge in [0.05, 0.1) is 0 Å². The van der Waals surface area contributed by atoms with Crippen molar-refractivity contribution in [2.24, 2.45) is 0 Å². The van der Waals surface area contributed by atoms with E-state index in [1.54, 1.807) is 0 Å². The highest BCUT2D eigenvalue weighted by molar-refractivity contribution is 6.67. The van der Waals surface area contributed by atoms with Gasteiger partial charge in [0.1, 0.15) is 0 Å². The SMILES string of the molecule is c1cc2cc3ccc4cc5ccc6cc7ccc8cc9ccc%10cc%11ccc%12cc1c1c2c2c3c4c3c5c6c4c7c8c5c9c%10c6c%11c%12c1c1c2c3c4c5c61. The molecule has 0 aliphatic heterocycles. The summed E-state index contributed by atoms with van der Waals surface area (Å²) in [4.78, 5) is 0. The zero-order valence-corrected chi connectivity index (χ0v) is 28.4. The maximum atomic E-state index is 2.50. The van der Waals surface area contributed by atoms with Crippen molar-refractivity contribution in [3.05, 3.63) is 109 Å². The number of benzene rings is 19. The minimum absolute atomic E-state index is 1.37. The van der Waals surface area contributed by atoms with Crippen molar-refractivity contribution in [3.63, 3.8) is 0 Å².